The summed E-state index contributed by atoms with van der Waals surface area (Å²) in [6.07, 6.45) is 0. The fourth-order valence-electron chi connectivity index (χ4n) is 1.50. The van der Waals surface area contributed by atoms with Crippen molar-refractivity contribution >= 4 is 21.9 Å². The molecule has 1 rings (SSSR count). The van der Waals surface area contributed by atoms with E-state index in [9.17, 15) is 0 Å². The Morgan fingerprint density at radius 3 is 2.65 bits per heavy atom. The number of rotatable bonds is 3. The van der Waals surface area contributed by atoms with Gasteiger partial charge in [0.15, 0.2) is 5.96 Å². The molecule has 0 bridgehead atoms. The number of aryl methyl sites for hydroxylation is 1. The summed E-state index contributed by atoms with van der Waals surface area (Å²) in [5.41, 5.74) is 2.55. The van der Waals surface area contributed by atoms with Gasteiger partial charge < -0.3 is 10.6 Å². The summed E-state index contributed by atoms with van der Waals surface area (Å²) in [4.78, 5) is 4.18. The van der Waals surface area contributed by atoms with E-state index in [1.807, 2.05) is 0 Å². The fraction of sp³-hybridized carbons (Fsp3) is 0.462. The second-order valence-corrected chi connectivity index (χ2v) is 5.21. The first-order valence-corrected chi connectivity index (χ1v) is 6.54. The lowest BCUT2D eigenvalue weighted by Crippen LogP contribution is -2.40. The number of hydrogen-bond donors (Lipinski definition) is 2. The topological polar surface area (TPSA) is 36.4 Å². The van der Waals surface area contributed by atoms with Crippen molar-refractivity contribution in [1.29, 1.82) is 0 Å². The van der Waals surface area contributed by atoms with Crippen molar-refractivity contribution in [2.75, 3.05) is 7.05 Å². The van der Waals surface area contributed by atoms with Crippen LogP contribution in [0, 0.1) is 6.92 Å². The molecule has 3 nitrogen and oxygen atoms in total. The first-order valence-electron chi connectivity index (χ1n) is 5.75. The highest BCUT2D eigenvalue weighted by atomic mass is 79.9. The maximum absolute atomic E-state index is 4.18. The minimum absolute atomic E-state index is 0.382. The van der Waals surface area contributed by atoms with Crippen LogP contribution in [0.25, 0.3) is 0 Å². The minimum atomic E-state index is 0.382. The van der Waals surface area contributed by atoms with Gasteiger partial charge in [0.1, 0.15) is 0 Å². The van der Waals surface area contributed by atoms with Crippen molar-refractivity contribution in [3.05, 3.63) is 33.8 Å². The molecule has 0 unspecified atom stereocenters. The van der Waals surface area contributed by atoms with Gasteiger partial charge in [-0.25, -0.2) is 0 Å². The standard InChI is InChI=1S/C13H20BrN3/c1-9(2)17-13(15-4)16-8-11-5-6-12(14)7-10(11)3/h5-7,9H,8H2,1-4H3,(H2,15,16,17). The number of nitrogens with one attached hydrogen (secondary N) is 2. The molecule has 0 aliphatic rings. The van der Waals surface area contributed by atoms with Crippen molar-refractivity contribution in [2.45, 2.75) is 33.4 Å². The number of halogens is 1. The Balaban J connectivity index is 2.60. The van der Waals surface area contributed by atoms with E-state index in [-0.39, 0.29) is 0 Å². The van der Waals surface area contributed by atoms with E-state index in [0.29, 0.717) is 6.04 Å². The van der Waals surface area contributed by atoms with Gasteiger partial charge in [0.2, 0.25) is 0 Å². The van der Waals surface area contributed by atoms with Gasteiger partial charge in [-0.3, -0.25) is 4.99 Å². The Morgan fingerprint density at radius 1 is 1.41 bits per heavy atom. The van der Waals surface area contributed by atoms with Gasteiger partial charge in [0, 0.05) is 24.1 Å². The van der Waals surface area contributed by atoms with Gasteiger partial charge in [-0.2, -0.15) is 0 Å². The van der Waals surface area contributed by atoms with Crippen LogP contribution < -0.4 is 10.6 Å². The van der Waals surface area contributed by atoms with Crippen molar-refractivity contribution in [3.8, 4) is 0 Å². The molecule has 0 aromatic heterocycles. The molecule has 17 heavy (non-hydrogen) atoms. The van der Waals surface area contributed by atoms with Gasteiger partial charge in [-0.1, -0.05) is 22.0 Å². The summed E-state index contributed by atoms with van der Waals surface area (Å²) in [5, 5.41) is 6.56. The van der Waals surface area contributed by atoms with Crippen LogP contribution in [0.3, 0.4) is 0 Å². The van der Waals surface area contributed by atoms with Gasteiger partial charge >= 0.3 is 0 Å². The van der Waals surface area contributed by atoms with Crippen LogP contribution in [-0.4, -0.2) is 19.0 Å². The lowest BCUT2D eigenvalue weighted by Gasteiger charge is -2.15. The van der Waals surface area contributed by atoms with Crippen LogP contribution >= 0.6 is 15.9 Å². The summed E-state index contributed by atoms with van der Waals surface area (Å²) in [6.45, 7) is 7.08. The number of benzene rings is 1. The van der Waals surface area contributed by atoms with Crippen molar-refractivity contribution in [1.82, 2.24) is 10.6 Å². The maximum Gasteiger partial charge on any atom is 0.191 e. The summed E-state index contributed by atoms with van der Waals surface area (Å²) in [5.74, 6) is 0.835. The highest BCUT2D eigenvalue weighted by Gasteiger charge is 2.02. The summed E-state index contributed by atoms with van der Waals surface area (Å²) in [6, 6.07) is 6.68. The van der Waals surface area contributed by atoms with E-state index < -0.39 is 0 Å². The van der Waals surface area contributed by atoms with Crippen LogP contribution in [-0.2, 0) is 6.54 Å². The molecule has 4 heteroatoms. The Hall–Kier alpha value is -1.03. The van der Waals surface area contributed by atoms with Crippen LogP contribution in [0.2, 0.25) is 0 Å². The summed E-state index contributed by atoms with van der Waals surface area (Å²) < 4.78 is 1.11. The van der Waals surface area contributed by atoms with E-state index >= 15 is 0 Å². The molecule has 0 atom stereocenters. The Kier molecular flexibility index (Phi) is 5.48. The van der Waals surface area contributed by atoms with Crippen LogP contribution in [0.4, 0.5) is 0 Å². The average molecular weight is 298 g/mol. The molecule has 0 aliphatic heterocycles. The number of hydrogen-bond acceptors (Lipinski definition) is 1. The molecule has 2 N–H and O–H groups in total. The molecule has 0 saturated carbocycles. The SMILES string of the molecule is CN=C(NCc1ccc(Br)cc1C)NC(C)C. The maximum atomic E-state index is 4.18. The highest BCUT2D eigenvalue weighted by molar-refractivity contribution is 9.10. The highest BCUT2D eigenvalue weighted by Crippen LogP contribution is 2.15. The third kappa shape index (κ3) is 4.77. The lowest BCUT2D eigenvalue weighted by atomic mass is 10.1. The molecule has 0 heterocycles. The largest absolute Gasteiger partial charge is 0.354 e. The molecule has 0 fully saturated rings. The second-order valence-electron chi connectivity index (χ2n) is 4.30. The monoisotopic (exact) mass is 297 g/mol. The molecule has 0 saturated heterocycles. The number of aliphatic imine (C=N–C) groups is 1. The zero-order valence-electron chi connectivity index (χ0n) is 10.8. The van der Waals surface area contributed by atoms with Crippen molar-refractivity contribution in [3.63, 3.8) is 0 Å². The molecule has 1 aromatic carbocycles. The van der Waals surface area contributed by atoms with Crippen LogP contribution in [0.1, 0.15) is 25.0 Å². The Morgan fingerprint density at radius 2 is 2.12 bits per heavy atom. The number of guanidine groups is 1. The predicted molar refractivity (Wildman–Crippen MR) is 77.3 cm³/mol. The summed E-state index contributed by atoms with van der Waals surface area (Å²) in [7, 11) is 1.78. The Bertz CT molecular complexity index is 400. The first kappa shape index (κ1) is 14.0. The van der Waals surface area contributed by atoms with E-state index in [4.69, 9.17) is 0 Å². The van der Waals surface area contributed by atoms with Crippen LogP contribution in [0.5, 0.6) is 0 Å². The van der Waals surface area contributed by atoms with Gasteiger partial charge in [-0.15, -0.1) is 0 Å². The summed E-state index contributed by atoms with van der Waals surface area (Å²) >= 11 is 3.47. The van der Waals surface area contributed by atoms with Gasteiger partial charge in [0.05, 0.1) is 0 Å². The van der Waals surface area contributed by atoms with E-state index in [1.165, 1.54) is 11.1 Å². The second kappa shape index (κ2) is 6.64. The lowest BCUT2D eigenvalue weighted by molar-refractivity contribution is 0.699. The van der Waals surface area contributed by atoms with Crippen LogP contribution in [0.15, 0.2) is 27.7 Å². The fourth-order valence-corrected chi connectivity index (χ4v) is 1.98. The minimum Gasteiger partial charge on any atom is -0.354 e. The Labute approximate surface area is 112 Å². The van der Waals surface area contributed by atoms with Crippen molar-refractivity contribution < 1.29 is 0 Å². The van der Waals surface area contributed by atoms with E-state index in [0.717, 1.165) is 17.0 Å². The first-order chi connectivity index (χ1) is 8.02. The number of nitrogens with zero attached hydrogens (tertiary/aromatic N) is 1. The molecule has 94 valence electrons. The third-order valence-corrected chi connectivity index (χ3v) is 2.89. The molecule has 0 aliphatic carbocycles. The predicted octanol–water partition coefficient (Wildman–Crippen LogP) is 2.83. The molecular formula is C13H20BrN3. The molecular weight excluding hydrogens is 278 g/mol. The third-order valence-electron chi connectivity index (χ3n) is 2.40. The van der Waals surface area contributed by atoms with E-state index in [2.05, 4.69) is 70.5 Å². The average Bonchev–Trinajstić information content (AvgIpc) is 2.25. The quantitative estimate of drug-likeness (QED) is 0.665. The molecule has 0 spiro atoms. The smallest absolute Gasteiger partial charge is 0.191 e. The van der Waals surface area contributed by atoms with Gasteiger partial charge in [-0.05, 0) is 44.0 Å². The van der Waals surface area contributed by atoms with Crippen molar-refractivity contribution in [2.24, 2.45) is 4.99 Å². The zero-order valence-corrected chi connectivity index (χ0v) is 12.4. The van der Waals surface area contributed by atoms with Gasteiger partial charge in [0.25, 0.3) is 0 Å². The molecule has 0 radical (unpaired) electrons. The normalized spacial score (nSPS) is 11.8. The molecule has 1 aromatic rings. The molecule has 0 amide bonds. The zero-order chi connectivity index (χ0) is 12.8. The van der Waals surface area contributed by atoms with E-state index in [1.54, 1.807) is 7.05 Å².